The minimum absolute atomic E-state index is 0.0423. The molecule has 0 radical (unpaired) electrons. The van der Waals surface area contributed by atoms with Gasteiger partial charge in [0.25, 0.3) is 5.60 Å². The smallest absolute Gasteiger partial charge is 0.435 e. The standard InChI is InChI=1S/C20H13Cl2F3N2O3/c1-10(28)27-9-12-4-11(2-3-16(12)18(27)29)17-8-19(30-26-17,20(23,24)25)13-5-14(21)7-15(22)6-13/h2-7,9,29H,8H2,1H3. The van der Waals surface area contributed by atoms with Gasteiger partial charge in [-0.3, -0.25) is 9.36 Å². The van der Waals surface area contributed by atoms with Crippen molar-refractivity contribution in [1.29, 1.82) is 0 Å². The SMILES string of the molecule is CC(=O)n1cc2cc(C3=NOC(c4cc(Cl)cc(Cl)c4)(C(F)(F)F)C3)ccc2c1O. The Morgan fingerprint density at radius 1 is 1.20 bits per heavy atom. The summed E-state index contributed by atoms with van der Waals surface area (Å²) in [7, 11) is 0. The Bertz CT molecular complexity index is 1200. The molecule has 0 saturated carbocycles. The number of halogens is 5. The highest BCUT2D eigenvalue weighted by Gasteiger charge is 2.62. The average Bonchev–Trinajstić information content (AvgIpc) is 3.23. The van der Waals surface area contributed by atoms with Crippen molar-refractivity contribution < 1.29 is 27.9 Å². The molecule has 2 aromatic carbocycles. The van der Waals surface area contributed by atoms with Crippen molar-refractivity contribution in [2.24, 2.45) is 5.16 Å². The van der Waals surface area contributed by atoms with Crippen LogP contribution in [0, 0.1) is 0 Å². The zero-order chi connectivity index (χ0) is 21.8. The molecule has 5 nitrogen and oxygen atoms in total. The Kier molecular flexibility index (Phi) is 4.74. The van der Waals surface area contributed by atoms with Gasteiger partial charge < -0.3 is 9.94 Å². The molecule has 0 saturated heterocycles. The number of carbonyl (C=O) groups excluding carboxylic acids is 1. The van der Waals surface area contributed by atoms with E-state index in [0.717, 1.165) is 16.7 Å². The van der Waals surface area contributed by atoms with Crippen LogP contribution in [0.25, 0.3) is 10.8 Å². The molecule has 156 valence electrons. The fourth-order valence-corrected chi connectivity index (χ4v) is 3.99. The average molecular weight is 457 g/mol. The molecule has 0 aliphatic carbocycles. The Morgan fingerprint density at radius 2 is 1.87 bits per heavy atom. The molecular weight excluding hydrogens is 444 g/mol. The maximum Gasteiger partial charge on any atom is 0.435 e. The van der Waals surface area contributed by atoms with E-state index in [-0.39, 0.29) is 27.2 Å². The number of aromatic nitrogens is 1. The summed E-state index contributed by atoms with van der Waals surface area (Å²) in [6.45, 7) is 1.28. The summed E-state index contributed by atoms with van der Waals surface area (Å²) in [4.78, 5) is 16.6. The fraction of sp³-hybridized carbons (Fsp3) is 0.200. The quantitative estimate of drug-likeness (QED) is 0.522. The lowest BCUT2D eigenvalue weighted by atomic mass is 9.86. The van der Waals surface area contributed by atoms with E-state index in [1.54, 1.807) is 0 Å². The zero-order valence-electron chi connectivity index (χ0n) is 15.3. The first kappa shape index (κ1) is 20.6. The van der Waals surface area contributed by atoms with E-state index in [2.05, 4.69) is 5.16 Å². The molecule has 1 aromatic heterocycles. The Morgan fingerprint density at radius 3 is 2.47 bits per heavy atom. The van der Waals surface area contributed by atoms with Crippen LogP contribution in [0.15, 0.2) is 47.8 Å². The van der Waals surface area contributed by atoms with E-state index < -0.39 is 24.1 Å². The van der Waals surface area contributed by atoms with Gasteiger partial charge in [0, 0.05) is 51.5 Å². The summed E-state index contributed by atoms with van der Waals surface area (Å²) in [5.41, 5.74) is -2.57. The van der Waals surface area contributed by atoms with Crippen LogP contribution in [-0.2, 0) is 10.4 Å². The van der Waals surface area contributed by atoms with Gasteiger partial charge in [-0.15, -0.1) is 0 Å². The normalized spacial score (nSPS) is 19.1. The van der Waals surface area contributed by atoms with Crippen LogP contribution in [0.4, 0.5) is 13.2 Å². The molecule has 0 amide bonds. The summed E-state index contributed by atoms with van der Waals surface area (Å²) < 4.78 is 43.3. The van der Waals surface area contributed by atoms with Crippen molar-refractivity contribution in [2.45, 2.75) is 25.1 Å². The molecule has 0 bridgehead atoms. The summed E-state index contributed by atoms with van der Waals surface area (Å²) in [6.07, 6.45) is -3.99. The van der Waals surface area contributed by atoms with Crippen LogP contribution in [0.2, 0.25) is 10.0 Å². The number of hydrogen-bond donors (Lipinski definition) is 1. The van der Waals surface area contributed by atoms with Gasteiger partial charge in [-0.25, -0.2) is 0 Å². The lowest BCUT2D eigenvalue weighted by Gasteiger charge is -2.29. The number of alkyl halides is 3. The number of rotatable bonds is 2. The van der Waals surface area contributed by atoms with Gasteiger partial charge in [-0.2, -0.15) is 13.2 Å². The second-order valence-corrected chi connectivity index (χ2v) is 7.81. The highest BCUT2D eigenvalue weighted by atomic mass is 35.5. The van der Waals surface area contributed by atoms with Crippen molar-refractivity contribution in [3.8, 4) is 5.88 Å². The number of hydrogen-bond acceptors (Lipinski definition) is 4. The Hall–Kier alpha value is -2.71. The highest BCUT2D eigenvalue weighted by Crippen LogP contribution is 2.49. The molecule has 1 unspecified atom stereocenters. The van der Waals surface area contributed by atoms with Gasteiger partial charge in [-0.1, -0.05) is 34.4 Å². The molecule has 10 heteroatoms. The molecule has 30 heavy (non-hydrogen) atoms. The van der Waals surface area contributed by atoms with Crippen LogP contribution in [0.5, 0.6) is 5.88 Å². The van der Waals surface area contributed by atoms with Crippen LogP contribution >= 0.6 is 23.2 Å². The third kappa shape index (κ3) is 3.20. The van der Waals surface area contributed by atoms with Gasteiger partial charge in [0.1, 0.15) is 0 Å². The minimum Gasteiger partial charge on any atom is -0.494 e. The first-order chi connectivity index (χ1) is 14.0. The third-order valence-electron chi connectivity index (χ3n) is 4.98. The first-order valence-corrected chi connectivity index (χ1v) is 9.41. The number of oxime groups is 1. The molecule has 1 aliphatic heterocycles. The molecule has 3 aromatic rings. The van der Waals surface area contributed by atoms with Gasteiger partial charge in [0.2, 0.25) is 11.8 Å². The van der Waals surface area contributed by atoms with Crippen molar-refractivity contribution in [1.82, 2.24) is 4.57 Å². The maximum absolute atomic E-state index is 14.1. The van der Waals surface area contributed by atoms with Crippen LogP contribution in [0.3, 0.4) is 0 Å². The molecule has 1 atom stereocenters. The number of nitrogens with zero attached hydrogens (tertiary/aromatic N) is 2. The predicted octanol–water partition coefficient (Wildman–Crippen LogP) is 5.90. The molecule has 1 N–H and O–H groups in total. The minimum atomic E-state index is -4.80. The van der Waals surface area contributed by atoms with Crippen LogP contribution < -0.4 is 0 Å². The first-order valence-electron chi connectivity index (χ1n) is 8.65. The molecule has 0 spiro atoms. The molecule has 1 aliphatic rings. The van der Waals surface area contributed by atoms with Crippen molar-refractivity contribution in [3.05, 3.63) is 63.8 Å². The van der Waals surface area contributed by atoms with E-state index in [4.69, 9.17) is 28.0 Å². The van der Waals surface area contributed by atoms with Gasteiger partial charge in [0.05, 0.1) is 5.71 Å². The predicted molar refractivity (Wildman–Crippen MR) is 106 cm³/mol. The molecule has 2 heterocycles. The Labute approximate surface area is 178 Å². The third-order valence-corrected chi connectivity index (χ3v) is 5.41. The van der Waals surface area contributed by atoms with Gasteiger partial charge in [-0.05, 0) is 30.3 Å². The molecular formula is C20H13Cl2F3N2O3. The number of benzene rings is 2. The van der Waals surface area contributed by atoms with Crippen LogP contribution in [0.1, 0.15) is 29.3 Å². The van der Waals surface area contributed by atoms with E-state index in [1.807, 2.05) is 0 Å². The van der Waals surface area contributed by atoms with Gasteiger partial charge >= 0.3 is 6.18 Å². The number of fused-ring (bicyclic) bond motifs is 1. The second-order valence-electron chi connectivity index (χ2n) is 6.93. The number of aromatic hydroxyl groups is 1. The van der Waals surface area contributed by atoms with E-state index in [0.29, 0.717) is 16.3 Å². The van der Waals surface area contributed by atoms with E-state index in [9.17, 15) is 23.1 Å². The lowest BCUT2D eigenvalue weighted by Crippen LogP contribution is -2.42. The monoisotopic (exact) mass is 456 g/mol. The second kappa shape index (κ2) is 6.92. The largest absolute Gasteiger partial charge is 0.494 e. The lowest BCUT2D eigenvalue weighted by molar-refractivity contribution is -0.275. The van der Waals surface area contributed by atoms with Crippen molar-refractivity contribution in [3.63, 3.8) is 0 Å². The molecule has 4 rings (SSSR count). The van der Waals surface area contributed by atoms with Gasteiger partial charge in [0.15, 0.2) is 0 Å². The summed E-state index contributed by atoms with van der Waals surface area (Å²) in [6, 6.07) is 8.17. The van der Waals surface area contributed by atoms with Crippen molar-refractivity contribution >= 4 is 45.6 Å². The van der Waals surface area contributed by atoms with E-state index in [1.165, 1.54) is 37.4 Å². The van der Waals surface area contributed by atoms with Crippen molar-refractivity contribution in [2.75, 3.05) is 0 Å². The van der Waals surface area contributed by atoms with E-state index >= 15 is 0 Å². The fourth-order valence-electron chi connectivity index (χ4n) is 3.47. The Balaban J connectivity index is 1.76. The summed E-state index contributed by atoms with van der Waals surface area (Å²) in [5, 5.41) is 14.8. The summed E-state index contributed by atoms with van der Waals surface area (Å²) in [5.74, 6) is -0.646. The molecule has 0 fully saturated rings. The zero-order valence-corrected chi connectivity index (χ0v) is 16.8. The summed E-state index contributed by atoms with van der Waals surface area (Å²) >= 11 is 11.8. The number of carbonyl (C=O) groups is 1. The van der Waals surface area contributed by atoms with Crippen LogP contribution in [-0.4, -0.2) is 27.5 Å². The highest BCUT2D eigenvalue weighted by molar-refractivity contribution is 6.34. The maximum atomic E-state index is 14.1. The topological polar surface area (TPSA) is 63.8 Å².